The van der Waals surface area contributed by atoms with Crippen LogP contribution in [0.1, 0.15) is 20.3 Å². The molecule has 0 aliphatic carbocycles. The Balaban J connectivity index is 4.64. The van der Waals surface area contributed by atoms with Crippen molar-refractivity contribution >= 4 is 17.2 Å². The molecular weight excluding hydrogens is 170 g/mol. The van der Waals surface area contributed by atoms with Crippen LogP contribution in [0.5, 0.6) is 0 Å². The second-order valence-electron chi connectivity index (χ2n) is 2.97. The second kappa shape index (κ2) is 4.73. The Labute approximate surface area is 78.0 Å². The predicted molar refractivity (Wildman–Crippen MR) is 53.1 cm³/mol. The highest BCUT2D eigenvalue weighted by Crippen LogP contribution is 2.09. The average Bonchev–Trinajstić information content (AvgIpc) is 1.85. The van der Waals surface area contributed by atoms with Gasteiger partial charge in [-0.15, -0.1) is 0 Å². The highest BCUT2D eigenvalue weighted by molar-refractivity contribution is 7.80. The van der Waals surface area contributed by atoms with Crippen LogP contribution in [0.2, 0.25) is 0 Å². The number of allylic oxidation sites excluding steroid dienone is 1. The van der Waals surface area contributed by atoms with Gasteiger partial charge in [0.1, 0.15) is 16.6 Å². The van der Waals surface area contributed by atoms with Gasteiger partial charge in [0, 0.05) is 5.70 Å². The van der Waals surface area contributed by atoms with E-state index in [1.54, 1.807) is 0 Å². The second-order valence-corrected chi connectivity index (χ2v) is 3.41. The van der Waals surface area contributed by atoms with Gasteiger partial charge in [0.05, 0.1) is 0 Å². The summed E-state index contributed by atoms with van der Waals surface area (Å²) in [5.74, 6) is 0.405. The number of rotatable bonds is 3. The summed E-state index contributed by atoms with van der Waals surface area (Å²) in [6, 6.07) is 1.90. The maximum absolute atomic E-state index is 8.62. The Hall–Kier alpha value is -1.08. The van der Waals surface area contributed by atoms with Gasteiger partial charge in [-0.25, -0.2) is 0 Å². The van der Waals surface area contributed by atoms with Gasteiger partial charge >= 0.3 is 0 Å². The number of hydrogen-bond acceptors (Lipinski definition) is 3. The topological polar surface area (TPSA) is 75.8 Å². The zero-order valence-electron chi connectivity index (χ0n) is 7.29. The van der Waals surface area contributed by atoms with Crippen LogP contribution in [-0.2, 0) is 0 Å². The van der Waals surface area contributed by atoms with E-state index < -0.39 is 0 Å². The summed E-state index contributed by atoms with van der Waals surface area (Å²) >= 11 is 4.66. The summed E-state index contributed by atoms with van der Waals surface area (Å²) in [5.41, 5.74) is 11.6. The molecule has 0 aromatic rings. The molecule has 66 valence electrons. The largest absolute Gasteiger partial charge is 0.401 e. The molecule has 12 heavy (non-hydrogen) atoms. The van der Waals surface area contributed by atoms with Crippen molar-refractivity contribution in [2.75, 3.05) is 0 Å². The molecule has 0 rings (SSSR count). The maximum Gasteiger partial charge on any atom is 0.116 e. The molecule has 4 heteroatoms. The Morgan fingerprint density at radius 3 is 2.25 bits per heavy atom. The van der Waals surface area contributed by atoms with Crippen LogP contribution in [0.15, 0.2) is 11.3 Å². The molecule has 0 heterocycles. The van der Waals surface area contributed by atoms with Crippen molar-refractivity contribution in [1.82, 2.24) is 0 Å². The Morgan fingerprint density at radius 1 is 1.50 bits per heavy atom. The highest BCUT2D eigenvalue weighted by atomic mass is 32.1. The van der Waals surface area contributed by atoms with Crippen molar-refractivity contribution in [3.05, 3.63) is 11.3 Å². The molecule has 0 aliphatic rings. The lowest BCUT2D eigenvalue weighted by molar-refractivity contribution is 0.637. The highest BCUT2D eigenvalue weighted by Gasteiger charge is 2.07. The van der Waals surface area contributed by atoms with Gasteiger partial charge in [-0.3, -0.25) is 0 Å². The van der Waals surface area contributed by atoms with E-state index in [9.17, 15) is 0 Å². The number of nitrogens with zero attached hydrogens (tertiary/aromatic N) is 1. The van der Waals surface area contributed by atoms with E-state index >= 15 is 0 Å². The predicted octanol–water partition coefficient (Wildman–Crippen LogP) is 1.05. The Kier molecular flexibility index (Phi) is 4.30. The molecule has 4 N–H and O–H groups in total. The quantitative estimate of drug-likeness (QED) is 0.389. The third-order valence-electron chi connectivity index (χ3n) is 1.31. The number of hydrogen-bond donors (Lipinski definition) is 2. The van der Waals surface area contributed by atoms with Crippen LogP contribution in [0.25, 0.3) is 0 Å². The molecule has 0 atom stereocenters. The number of thiocarbonyl (C=S) groups is 1. The van der Waals surface area contributed by atoms with Gasteiger partial charge in [-0.2, -0.15) is 5.26 Å². The molecule has 0 radical (unpaired) electrons. The zero-order valence-corrected chi connectivity index (χ0v) is 8.11. The summed E-state index contributed by atoms with van der Waals surface area (Å²) in [6.45, 7) is 4.03. The van der Waals surface area contributed by atoms with E-state index in [1.165, 1.54) is 0 Å². The smallest absolute Gasteiger partial charge is 0.116 e. The summed E-state index contributed by atoms with van der Waals surface area (Å²) in [6.07, 6.45) is 0.653. The summed E-state index contributed by atoms with van der Waals surface area (Å²) in [7, 11) is 0. The lowest BCUT2D eigenvalue weighted by atomic mass is 10.1. The van der Waals surface area contributed by atoms with Gasteiger partial charge in [0.25, 0.3) is 0 Å². The minimum Gasteiger partial charge on any atom is -0.401 e. The maximum atomic E-state index is 8.62. The monoisotopic (exact) mass is 183 g/mol. The van der Waals surface area contributed by atoms with Crippen molar-refractivity contribution < 1.29 is 0 Å². The van der Waals surface area contributed by atoms with E-state index in [1.807, 2.05) is 19.9 Å². The fraction of sp³-hybridized carbons (Fsp3) is 0.500. The number of nitriles is 1. The number of nitrogens with two attached hydrogens (primary N) is 2. The fourth-order valence-corrected chi connectivity index (χ4v) is 1.00. The lowest BCUT2D eigenvalue weighted by Gasteiger charge is -2.06. The van der Waals surface area contributed by atoms with Crippen molar-refractivity contribution in [2.45, 2.75) is 20.3 Å². The van der Waals surface area contributed by atoms with Gasteiger partial charge in [-0.05, 0) is 12.3 Å². The fourth-order valence-electron chi connectivity index (χ4n) is 0.827. The Morgan fingerprint density at radius 2 is 2.00 bits per heavy atom. The van der Waals surface area contributed by atoms with Crippen LogP contribution >= 0.6 is 12.2 Å². The van der Waals surface area contributed by atoms with E-state index in [4.69, 9.17) is 16.7 Å². The lowest BCUT2D eigenvalue weighted by Crippen LogP contribution is -2.16. The van der Waals surface area contributed by atoms with Gasteiger partial charge in [0.15, 0.2) is 0 Å². The molecule has 0 aromatic carbocycles. The SMILES string of the molecule is CC(C)CC(N)=C(C#N)C(N)=S. The molecule has 0 saturated carbocycles. The molecule has 0 saturated heterocycles. The van der Waals surface area contributed by atoms with E-state index in [2.05, 4.69) is 12.2 Å². The summed E-state index contributed by atoms with van der Waals surface area (Å²) in [5, 5.41) is 8.62. The molecule has 0 spiro atoms. The van der Waals surface area contributed by atoms with Crippen molar-refractivity contribution in [3.8, 4) is 6.07 Å². The molecule has 0 aliphatic heterocycles. The van der Waals surface area contributed by atoms with E-state index in [0.717, 1.165) is 0 Å². The van der Waals surface area contributed by atoms with Crippen LogP contribution < -0.4 is 11.5 Å². The first kappa shape index (κ1) is 10.9. The summed E-state index contributed by atoms with van der Waals surface area (Å²) < 4.78 is 0. The Bertz CT molecular complexity index is 248. The van der Waals surface area contributed by atoms with Gasteiger partial charge < -0.3 is 11.5 Å². The van der Waals surface area contributed by atoms with Crippen molar-refractivity contribution in [3.63, 3.8) is 0 Å². The third-order valence-corrected chi connectivity index (χ3v) is 1.51. The van der Waals surface area contributed by atoms with Gasteiger partial charge in [-0.1, -0.05) is 26.1 Å². The molecule has 0 unspecified atom stereocenters. The third kappa shape index (κ3) is 3.35. The van der Waals surface area contributed by atoms with Crippen LogP contribution in [-0.4, -0.2) is 4.99 Å². The van der Waals surface area contributed by atoms with Crippen molar-refractivity contribution in [2.24, 2.45) is 17.4 Å². The van der Waals surface area contributed by atoms with Crippen LogP contribution in [0, 0.1) is 17.2 Å². The van der Waals surface area contributed by atoms with Crippen LogP contribution in [0.3, 0.4) is 0 Å². The standard InChI is InChI=1S/C8H13N3S/c1-5(2)3-7(10)6(4-9)8(11)12/h5H,3,10H2,1-2H3,(H2,11,12). The first-order chi connectivity index (χ1) is 5.49. The van der Waals surface area contributed by atoms with E-state index in [-0.39, 0.29) is 10.6 Å². The molecule has 0 bridgehead atoms. The minimum absolute atomic E-state index is 0.0793. The van der Waals surface area contributed by atoms with Crippen molar-refractivity contribution in [1.29, 1.82) is 5.26 Å². The minimum atomic E-state index is 0.0793. The molecule has 0 aromatic heterocycles. The molecular formula is C8H13N3S. The first-order valence-corrected chi connectivity index (χ1v) is 4.08. The first-order valence-electron chi connectivity index (χ1n) is 3.67. The van der Waals surface area contributed by atoms with Gasteiger partial charge in [0.2, 0.25) is 0 Å². The molecule has 3 nitrogen and oxygen atoms in total. The normalized spacial score (nSPS) is 12.2. The summed E-state index contributed by atoms with van der Waals surface area (Å²) in [4.78, 5) is 0.0793. The molecule has 0 fully saturated rings. The van der Waals surface area contributed by atoms with Crippen LogP contribution in [0.4, 0.5) is 0 Å². The molecule has 0 amide bonds. The van der Waals surface area contributed by atoms with E-state index in [0.29, 0.717) is 18.0 Å². The zero-order chi connectivity index (χ0) is 9.72. The average molecular weight is 183 g/mol.